The number of carbonyl (C=O) groups is 1. The highest BCUT2D eigenvalue weighted by molar-refractivity contribution is 5.91. The van der Waals surface area contributed by atoms with Gasteiger partial charge in [-0.25, -0.2) is 0 Å². The predicted octanol–water partition coefficient (Wildman–Crippen LogP) is 2.14. The lowest BCUT2D eigenvalue weighted by Crippen LogP contribution is -2.30. The Labute approximate surface area is 133 Å². The van der Waals surface area contributed by atoms with Crippen molar-refractivity contribution in [3.63, 3.8) is 0 Å². The van der Waals surface area contributed by atoms with Crippen molar-refractivity contribution in [1.29, 1.82) is 0 Å². The molecule has 0 spiro atoms. The summed E-state index contributed by atoms with van der Waals surface area (Å²) in [7, 11) is 3.93. The zero-order valence-electron chi connectivity index (χ0n) is 13.8. The van der Waals surface area contributed by atoms with Crippen molar-refractivity contribution in [2.24, 2.45) is 0 Å². The van der Waals surface area contributed by atoms with Crippen molar-refractivity contribution >= 4 is 17.7 Å². The molecule has 1 rings (SSSR count). The smallest absolute Gasteiger partial charge is 0.244 e. The maximum atomic E-state index is 11.7. The molecule has 0 aliphatic rings. The van der Waals surface area contributed by atoms with Gasteiger partial charge in [-0.2, -0.15) is 0 Å². The van der Waals surface area contributed by atoms with E-state index in [0.29, 0.717) is 24.6 Å². The molecule has 0 unspecified atom stereocenters. The maximum Gasteiger partial charge on any atom is 0.244 e. The third-order valence-electron chi connectivity index (χ3n) is 3.07. The molecule has 0 saturated carbocycles. The lowest BCUT2D eigenvalue weighted by atomic mass is 10.1. The van der Waals surface area contributed by atoms with E-state index in [4.69, 9.17) is 10.5 Å². The minimum Gasteiger partial charge on any atom is -0.491 e. The summed E-state index contributed by atoms with van der Waals surface area (Å²) in [6, 6.07) is 5.54. The number of nitrogens with one attached hydrogen (secondary N) is 1. The topological polar surface area (TPSA) is 67.6 Å². The molecule has 0 bridgehead atoms. The van der Waals surface area contributed by atoms with Gasteiger partial charge in [0.2, 0.25) is 5.91 Å². The van der Waals surface area contributed by atoms with Gasteiger partial charge in [0.1, 0.15) is 5.75 Å². The Morgan fingerprint density at radius 2 is 2.18 bits per heavy atom. The number of amides is 1. The predicted molar refractivity (Wildman–Crippen MR) is 91.9 cm³/mol. The van der Waals surface area contributed by atoms with Gasteiger partial charge in [0.25, 0.3) is 0 Å². The van der Waals surface area contributed by atoms with E-state index in [-0.39, 0.29) is 5.91 Å². The molecule has 5 nitrogen and oxygen atoms in total. The number of benzene rings is 1. The van der Waals surface area contributed by atoms with E-state index in [9.17, 15) is 4.79 Å². The summed E-state index contributed by atoms with van der Waals surface area (Å²) in [6.07, 6.45) is 5.36. The van der Waals surface area contributed by atoms with Gasteiger partial charge in [-0.3, -0.25) is 4.79 Å². The number of unbranched alkanes of at least 4 members (excludes halogenated alkanes) is 1. The van der Waals surface area contributed by atoms with Crippen LogP contribution in [0.4, 0.5) is 5.69 Å². The first-order chi connectivity index (χ1) is 10.5. The lowest BCUT2D eigenvalue weighted by Gasteiger charge is -2.09. The molecule has 0 atom stereocenters. The molecular formula is C17H27N3O2. The number of nitrogen functional groups attached to an aromatic ring is 1. The molecule has 5 heteroatoms. The molecule has 1 amide bonds. The summed E-state index contributed by atoms with van der Waals surface area (Å²) < 4.78 is 5.60. The molecular weight excluding hydrogens is 278 g/mol. The number of carbonyl (C=O) groups excluding carboxylic acids is 1. The molecule has 0 radical (unpaired) electrons. The number of hydrogen-bond donors (Lipinski definition) is 2. The van der Waals surface area contributed by atoms with E-state index in [2.05, 4.69) is 12.2 Å². The van der Waals surface area contributed by atoms with E-state index in [1.165, 1.54) is 6.08 Å². The first-order valence-electron chi connectivity index (χ1n) is 7.66. The summed E-state index contributed by atoms with van der Waals surface area (Å²) >= 11 is 0. The number of hydrogen-bond acceptors (Lipinski definition) is 4. The van der Waals surface area contributed by atoms with Crippen LogP contribution in [0.15, 0.2) is 24.3 Å². The number of likely N-dealkylation sites (N-methyl/N-ethyl adjacent to an activating group) is 1. The van der Waals surface area contributed by atoms with Crippen molar-refractivity contribution in [1.82, 2.24) is 10.2 Å². The zero-order chi connectivity index (χ0) is 16.4. The highest BCUT2D eigenvalue weighted by Crippen LogP contribution is 2.23. The SMILES string of the molecule is CCCCOc1ccc(/C=C\C(=O)NCCN(C)C)cc1N. The van der Waals surface area contributed by atoms with Crippen LogP contribution in [0.3, 0.4) is 0 Å². The standard InChI is InChI=1S/C17H27N3O2/c1-4-5-12-22-16-8-6-14(13-15(16)18)7-9-17(21)19-10-11-20(2)3/h6-9,13H,4-5,10-12,18H2,1-3H3,(H,19,21)/b9-7-. The molecule has 0 saturated heterocycles. The van der Waals surface area contributed by atoms with Crippen LogP contribution < -0.4 is 15.8 Å². The number of rotatable bonds is 9. The van der Waals surface area contributed by atoms with E-state index in [1.54, 1.807) is 6.08 Å². The lowest BCUT2D eigenvalue weighted by molar-refractivity contribution is -0.116. The van der Waals surface area contributed by atoms with Crippen molar-refractivity contribution in [2.75, 3.05) is 39.5 Å². The van der Waals surface area contributed by atoms with Crippen LogP contribution >= 0.6 is 0 Å². The molecule has 122 valence electrons. The molecule has 0 aliphatic heterocycles. The molecule has 1 aromatic carbocycles. The Kier molecular flexibility index (Phi) is 8.07. The Morgan fingerprint density at radius 3 is 2.82 bits per heavy atom. The summed E-state index contributed by atoms with van der Waals surface area (Å²) in [5.41, 5.74) is 7.43. The maximum absolute atomic E-state index is 11.7. The fraction of sp³-hybridized carbons (Fsp3) is 0.471. The molecule has 0 heterocycles. The number of ether oxygens (including phenoxy) is 1. The van der Waals surface area contributed by atoms with E-state index in [0.717, 1.165) is 24.9 Å². The highest BCUT2D eigenvalue weighted by atomic mass is 16.5. The number of nitrogens with two attached hydrogens (primary N) is 1. The summed E-state index contributed by atoms with van der Waals surface area (Å²) in [6.45, 7) is 4.23. The Morgan fingerprint density at radius 1 is 1.41 bits per heavy atom. The first-order valence-corrected chi connectivity index (χ1v) is 7.66. The van der Waals surface area contributed by atoms with Gasteiger partial charge in [-0.1, -0.05) is 19.4 Å². The second-order valence-corrected chi connectivity index (χ2v) is 5.43. The van der Waals surface area contributed by atoms with Crippen molar-refractivity contribution < 1.29 is 9.53 Å². The largest absolute Gasteiger partial charge is 0.491 e. The van der Waals surface area contributed by atoms with Crippen molar-refractivity contribution in [3.8, 4) is 5.75 Å². The first kappa shape index (κ1) is 18.0. The summed E-state index contributed by atoms with van der Waals surface area (Å²) in [4.78, 5) is 13.7. The van der Waals surface area contributed by atoms with Gasteiger partial charge in [0.05, 0.1) is 12.3 Å². The second kappa shape index (κ2) is 9.84. The zero-order valence-corrected chi connectivity index (χ0v) is 13.8. The summed E-state index contributed by atoms with van der Waals surface area (Å²) in [5, 5.41) is 2.82. The summed E-state index contributed by atoms with van der Waals surface area (Å²) in [5.74, 6) is 0.588. The van der Waals surface area contributed by atoms with E-state index in [1.807, 2.05) is 37.2 Å². The number of nitrogens with zero attached hydrogens (tertiary/aromatic N) is 1. The second-order valence-electron chi connectivity index (χ2n) is 5.43. The quantitative estimate of drug-likeness (QED) is 0.417. The third-order valence-corrected chi connectivity index (χ3v) is 3.07. The highest BCUT2D eigenvalue weighted by Gasteiger charge is 2.01. The van der Waals surface area contributed by atoms with Gasteiger partial charge in [0, 0.05) is 19.2 Å². The van der Waals surface area contributed by atoms with Gasteiger partial charge in [-0.15, -0.1) is 0 Å². The van der Waals surface area contributed by atoms with Crippen LogP contribution in [0, 0.1) is 0 Å². The monoisotopic (exact) mass is 305 g/mol. The van der Waals surface area contributed by atoms with Crippen molar-refractivity contribution in [2.45, 2.75) is 19.8 Å². The van der Waals surface area contributed by atoms with Crippen LogP contribution in [0.1, 0.15) is 25.3 Å². The molecule has 22 heavy (non-hydrogen) atoms. The van der Waals surface area contributed by atoms with E-state index >= 15 is 0 Å². The Balaban J connectivity index is 2.50. The van der Waals surface area contributed by atoms with Crippen molar-refractivity contribution in [3.05, 3.63) is 29.8 Å². The van der Waals surface area contributed by atoms with Crippen LogP contribution in [-0.4, -0.2) is 44.6 Å². The van der Waals surface area contributed by atoms with Crippen LogP contribution in [-0.2, 0) is 4.79 Å². The minimum absolute atomic E-state index is 0.108. The van der Waals surface area contributed by atoms with Gasteiger partial charge in [-0.05, 0) is 44.3 Å². The molecule has 3 N–H and O–H groups in total. The minimum atomic E-state index is -0.108. The third kappa shape index (κ3) is 7.13. The van der Waals surface area contributed by atoms with Crippen LogP contribution in [0.2, 0.25) is 0 Å². The van der Waals surface area contributed by atoms with Gasteiger partial charge >= 0.3 is 0 Å². The Bertz CT molecular complexity index is 499. The fourth-order valence-electron chi connectivity index (χ4n) is 1.76. The average Bonchev–Trinajstić information content (AvgIpc) is 2.47. The average molecular weight is 305 g/mol. The van der Waals surface area contributed by atoms with Gasteiger partial charge < -0.3 is 20.7 Å². The molecule has 0 fully saturated rings. The molecule has 1 aromatic rings. The molecule has 0 aliphatic carbocycles. The number of anilines is 1. The fourth-order valence-corrected chi connectivity index (χ4v) is 1.76. The molecule has 0 aromatic heterocycles. The van der Waals surface area contributed by atoms with Crippen LogP contribution in [0.25, 0.3) is 6.08 Å². The van der Waals surface area contributed by atoms with Crippen LogP contribution in [0.5, 0.6) is 5.75 Å². The van der Waals surface area contributed by atoms with E-state index < -0.39 is 0 Å². The Hall–Kier alpha value is -2.01. The van der Waals surface area contributed by atoms with Gasteiger partial charge in [0.15, 0.2) is 0 Å². The normalized spacial score (nSPS) is 11.1.